The standard InChI is InChI=1S/C12H11N5O3S/c1-2-3-20-17-7-4-16(12(17)18)9(11-15-14-5-19-11)8-10(7)21-6-13-8/h2,5-7,9H,1,3-4H2/t7?,9-/m0/s1. The highest BCUT2D eigenvalue weighted by Crippen LogP contribution is 2.46. The Morgan fingerprint density at radius 1 is 1.62 bits per heavy atom. The van der Waals surface area contributed by atoms with Gasteiger partial charge in [0.15, 0.2) is 6.04 Å². The number of carbonyl (C=O) groups excluding carboxylic acids is 1. The van der Waals surface area contributed by atoms with Crippen LogP contribution in [0.2, 0.25) is 0 Å². The molecule has 8 nitrogen and oxygen atoms in total. The van der Waals surface area contributed by atoms with Gasteiger partial charge in [0.2, 0.25) is 12.3 Å². The van der Waals surface area contributed by atoms with Crippen molar-refractivity contribution in [2.75, 3.05) is 13.2 Å². The summed E-state index contributed by atoms with van der Waals surface area (Å²) in [7, 11) is 0. The average Bonchev–Trinajstić information content (AvgIpc) is 3.21. The number of thiazole rings is 1. The van der Waals surface area contributed by atoms with E-state index in [2.05, 4.69) is 21.8 Å². The molecular weight excluding hydrogens is 294 g/mol. The van der Waals surface area contributed by atoms with Crippen LogP contribution in [0.1, 0.15) is 28.5 Å². The Hall–Kier alpha value is -2.26. The number of amides is 2. The predicted molar refractivity (Wildman–Crippen MR) is 71.1 cm³/mol. The van der Waals surface area contributed by atoms with Crippen LogP contribution in [0, 0.1) is 0 Å². The van der Waals surface area contributed by atoms with E-state index in [9.17, 15) is 4.79 Å². The number of fused-ring (bicyclic) bond motifs is 4. The quantitative estimate of drug-likeness (QED) is 0.796. The molecule has 108 valence electrons. The van der Waals surface area contributed by atoms with Crippen LogP contribution >= 0.6 is 11.3 Å². The van der Waals surface area contributed by atoms with Gasteiger partial charge in [0.25, 0.3) is 0 Å². The van der Waals surface area contributed by atoms with Crippen molar-refractivity contribution in [1.82, 2.24) is 25.1 Å². The summed E-state index contributed by atoms with van der Waals surface area (Å²) in [4.78, 5) is 25.1. The molecule has 1 unspecified atom stereocenters. The van der Waals surface area contributed by atoms with Gasteiger partial charge in [-0.2, -0.15) is 5.06 Å². The summed E-state index contributed by atoms with van der Waals surface area (Å²) in [6.45, 7) is 4.39. The highest BCUT2D eigenvalue weighted by Gasteiger charge is 2.52. The zero-order valence-corrected chi connectivity index (χ0v) is 11.7. The van der Waals surface area contributed by atoms with E-state index in [0.29, 0.717) is 12.4 Å². The molecule has 4 heterocycles. The van der Waals surface area contributed by atoms with E-state index in [1.807, 2.05) is 0 Å². The van der Waals surface area contributed by atoms with Crippen molar-refractivity contribution in [3.63, 3.8) is 0 Å². The highest BCUT2D eigenvalue weighted by atomic mass is 32.1. The Labute approximate surface area is 123 Å². The number of hydrogen-bond acceptors (Lipinski definition) is 7. The van der Waals surface area contributed by atoms with Gasteiger partial charge in [-0.15, -0.1) is 28.1 Å². The Balaban J connectivity index is 1.78. The molecule has 0 radical (unpaired) electrons. The summed E-state index contributed by atoms with van der Waals surface area (Å²) in [5.74, 6) is 0.361. The van der Waals surface area contributed by atoms with Gasteiger partial charge in [-0.3, -0.25) is 4.84 Å². The van der Waals surface area contributed by atoms with Crippen molar-refractivity contribution in [2.24, 2.45) is 0 Å². The van der Waals surface area contributed by atoms with Gasteiger partial charge >= 0.3 is 6.03 Å². The first-order valence-corrected chi connectivity index (χ1v) is 7.22. The summed E-state index contributed by atoms with van der Waals surface area (Å²) in [6, 6.07) is -0.829. The van der Waals surface area contributed by atoms with Gasteiger partial charge in [0.05, 0.1) is 29.2 Å². The van der Waals surface area contributed by atoms with Crippen LogP contribution < -0.4 is 0 Å². The van der Waals surface area contributed by atoms with Crippen molar-refractivity contribution >= 4 is 17.4 Å². The SMILES string of the molecule is C=CCON1C(=O)N2CC1c1scnc1[C@H]2c1nnco1. The first kappa shape index (κ1) is 12.5. The third-order valence-electron chi connectivity index (χ3n) is 3.53. The smallest absolute Gasteiger partial charge is 0.345 e. The number of aromatic nitrogens is 3. The minimum Gasteiger partial charge on any atom is -0.425 e. The lowest BCUT2D eigenvalue weighted by Crippen LogP contribution is -2.35. The molecule has 2 aromatic rings. The first-order valence-electron chi connectivity index (χ1n) is 6.34. The average molecular weight is 305 g/mol. The van der Waals surface area contributed by atoms with Crippen LogP contribution in [-0.2, 0) is 4.84 Å². The molecule has 1 fully saturated rings. The Morgan fingerprint density at radius 3 is 3.29 bits per heavy atom. The zero-order valence-electron chi connectivity index (χ0n) is 10.9. The number of urea groups is 1. The van der Waals surface area contributed by atoms with Gasteiger partial charge in [0, 0.05) is 0 Å². The van der Waals surface area contributed by atoms with Crippen molar-refractivity contribution < 1.29 is 14.0 Å². The molecule has 0 aliphatic carbocycles. The van der Waals surface area contributed by atoms with Gasteiger partial charge < -0.3 is 9.32 Å². The molecule has 2 amide bonds. The summed E-state index contributed by atoms with van der Waals surface area (Å²) >= 11 is 1.50. The second-order valence-corrected chi connectivity index (χ2v) is 5.53. The monoisotopic (exact) mass is 305 g/mol. The van der Waals surface area contributed by atoms with Crippen LogP contribution in [0.4, 0.5) is 4.79 Å². The van der Waals surface area contributed by atoms with Crippen LogP contribution in [0.5, 0.6) is 0 Å². The molecule has 4 rings (SSSR count). The Bertz CT molecular complexity index is 685. The fourth-order valence-corrected chi connectivity index (χ4v) is 3.59. The fraction of sp³-hybridized carbons (Fsp3) is 0.333. The molecule has 2 aliphatic heterocycles. The fourth-order valence-electron chi connectivity index (χ4n) is 2.70. The Kier molecular flexibility index (Phi) is 2.76. The second-order valence-electron chi connectivity index (χ2n) is 4.64. The highest BCUT2D eigenvalue weighted by molar-refractivity contribution is 7.09. The van der Waals surface area contributed by atoms with Crippen molar-refractivity contribution in [3.8, 4) is 0 Å². The lowest BCUT2D eigenvalue weighted by molar-refractivity contribution is -0.118. The molecule has 2 atom stereocenters. The lowest BCUT2D eigenvalue weighted by Gasteiger charge is -2.26. The van der Waals surface area contributed by atoms with E-state index in [1.165, 1.54) is 22.8 Å². The van der Waals surface area contributed by atoms with E-state index in [0.717, 1.165) is 10.6 Å². The number of nitrogens with zero attached hydrogens (tertiary/aromatic N) is 5. The maximum atomic E-state index is 12.5. The lowest BCUT2D eigenvalue weighted by atomic mass is 10.0. The largest absolute Gasteiger partial charge is 0.425 e. The van der Waals surface area contributed by atoms with Gasteiger partial charge in [-0.05, 0) is 0 Å². The van der Waals surface area contributed by atoms with E-state index >= 15 is 0 Å². The predicted octanol–water partition coefficient (Wildman–Crippen LogP) is 1.53. The Morgan fingerprint density at radius 2 is 2.52 bits per heavy atom. The van der Waals surface area contributed by atoms with Crippen molar-refractivity contribution in [3.05, 3.63) is 41.0 Å². The molecule has 21 heavy (non-hydrogen) atoms. The maximum Gasteiger partial charge on any atom is 0.345 e. The molecule has 0 aromatic carbocycles. The third-order valence-corrected chi connectivity index (χ3v) is 4.47. The van der Waals surface area contributed by atoms with Crippen molar-refractivity contribution in [1.29, 1.82) is 0 Å². The molecule has 2 aromatic heterocycles. The van der Waals surface area contributed by atoms with Crippen molar-refractivity contribution in [2.45, 2.75) is 12.1 Å². The zero-order chi connectivity index (χ0) is 14.4. The number of rotatable bonds is 4. The number of carbonyl (C=O) groups is 1. The summed E-state index contributed by atoms with van der Waals surface area (Å²) in [6.07, 6.45) is 2.86. The van der Waals surface area contributed by atoms with E-state index in [4.69, 9.17) is 9.25 Å². The molecule has 0 spiro atoms. The summed E-state index contributed by atoms with van der Waals surface area (Å²) < 4.78 is 5.29. The summed E-state index contributed by atoms with van der Waals surface area (Å²) in [5, 5.41) is 9.01. The molecule has 2 aliphatic rings. The molecule has 0 N–H and O–H groups in total. The van der Waals surface area contributed by atoms with E-state index in [-0.39, 0.29) is 18.7 Å². The molecule has 1 saturated heterocycles. The van der Waals surface area contributed by atoms with E-state index in [1.54, 1.807) is 16.5 Å². The minimum atomic E-state index is -0.449. The molecule has 2 bridgehead atoms. The van der Waals surface area contributed by atoms with Gasteiger partial charge in [0.1, 0.15) is 6.04 Å². The number of hydroxylamine groups is 2. The van der Waals surface area contributed by atoms with Crippen LogP contribution in [0.15, 0.2) is 29.0 Å². The topological polar surface area (TPSA) is 84.6 Å². The molecule has 9 heteroatoms. The first-order chi connectivity index (χ1) is 10.3. The van der Waals surface area contributed by atoms with Crippen LogP contribution in [-0.4, -0.2) is 44.3 Å². The van der Waals surface area contributed by atoms with E-state index < -0.39 is 6.04 Å². The van der Waals surface area contributed by atoms with Crippen LogP contribution in [0.3, 0.4) is 0 Å². The minimum absolute atomic E-state index is 0.154. The summed E-state index contributed by atoms with van der Waals surface area (Å²) in [5.41, 5.74) is 2.53. The third kappa shape index (κ3) is 1.71. The van der Waals surface area contributed by atoms with Crippen LogP contribution in [0.25, 0.3) is 0 Å². The number of hydrogen-bond donors (Lipinski definition) is 0. The molecule has 0 saturated carbocycles. The second kappa shape index (κ2) is 4.64. The molecular formula is C12H11N5O3S. The van der Waals surface area contributed by atoms with Gasteiger partial charge in [-0.1, -0.05) is 6.08 Å². The maximum absolute atomic E-state index is 12.5. The van der Waals surface area contributed by atoms with Gasteiger partial charge in [-0.25, -0.2) is 9.78 Å². The normalized spacial score (nSPS) is 23.5.